The van der Waals surface area contributed by atoms with E-state index in [2.05, 4.69) is 67.3 Å². The summed E-state index contributed by atoms with van der Waals surface area (Å²) in [6, 6.07) is 12.0. The minimum Gasteiger partial charge on any atom is -0.385 e. The Kier molecular flexibility index (Phi) is 6.57. The van der Waals surface area contributed by atoms with E-state index in [1.807, 2.05) is 13.0 Å². The zero-order valence-corrected chi connectivity index (χ0v) is 21.7. The van der Waals surface area contributed by atoms with E-state index < -0.39 is 0 Å². The fourth-order valence-electron chi connectivity index (χ4n) is 6.34. The van der Waals surface area contributed by atoms with Crippen molar-refractivity contribution in [2.75, 3.05) is 49.2 Å². The van der Waals surface area contributed by atoms with Gasteiger partial charge in [0.25, 0.3) is 0 Å². The van der Waals surface area contributed by atoms with Crippen LogP contribution >= 0.6 is 0 Å². The molecular weight excluding hydrogens is 464 g/mol. The molecule has 0 saturated carbocycles. The second-order valence-electron chi connectivity index (χ2n) is 11.0. The molecule has 0 spiro atoms. The van der Waals surface area contributed by atoms with Gasteiger partial charge < -0.3 is 20.9 Å². The number of nitrogens with zero attached hydrogens (tertiary/aromatic N) is 6. The third kappa shape index (κ3) is 5.20. The van der Waals surface area contributed by atoms with Crippen molar-refractivity contribution in [1.82, 2.24) is 30.0 Å². The maximum atomic E-state index is 9.04. The molecule has 3 saturated heterocycles. The molecule has 37 heavy (non-hydrogen) atoms. The summed E-state index contributed by atoms with van der Waals surface area (Å²) in [4.78, 5) is 14.7. The summed E-state index contributed by atoms with van der Waals surface area (Å²) >= 11 is 0. The number of piperidine rings is 1. The fraction of sp³-hybridized carbons (Fsp3) is 0.556. The number of aromatic amines is 1. The van der Waals surface area contributed by atoms with Gasteiger partial charge in [0.1, 0.15) is 5.82 Å². The van der Waals surface area contributed by atoms with Gasteiger partial charge >= 0.3 is 0 Å². The van der Waals surface area contributed by atoms with Crippen LogP contribution in [0, 0.1) is 24.2 Å². The second kappa shape index (κ2) is 10.1. The van der Waals surface area contributed by atoms with E-state index in [-0.39, 0.29) is 0 Å². The highest BCUT2D eigenvalue weighted by Gasteiger charge is 2.40. The van der Waals surface area contributed by atoms with E-state index in [4.69, 9.17) is 15.2 Å². The van der Waals surface area contributed by atoms with Gasteiger partial charge in [-0.1, -0.05) is 0 Å². The summed E-state index contributed by atoms with van der Waals surface area (Å²) in [7, 11) is 2.16. The number of rotatable bonds is 9. The molecule has 2 bridgehead atoms. The van der Waals surface area contributed by atoms with Gasteiger partial charge in [-0.15, -0.1) is 0 Å². The summed E-state index contributed by atoms with van der Waals surface area (Å²) in [6.45, 7) is 6.13. The van der Waals surface area contributed by atoms with Gasteiger partial charge in [0, 0.05) is 79.5 Å². The molecule has 3 atom stereocenters. The highest BCUT2D eigenvalue weighted by Crippen LogP contribution is 2.37. The van der Waals surface area contributed by atoms with Gasteiger partial charge in [0.05, 0.1) is 11.6 Å². The van der Waals surface area contributed by atoms with Crippen molar-refractivity contribution in [1.29, 1.82) is 5.26 Å². The van der Waals surface area contributed by atoms with Gasteiger partial charge in [-0.2, -0.15) is 15.3 Å². The molecule has 194 valence electrons. The average Bonchev–Trinajstić information content (AvgIpc) is 3.37. The molecule has 3 aliphatic rings. The number of nitrogens with one attached hydrogen (secondary N) is 4. The van der Waals surface area contributed by atoms with E-state index in [1.165, 1.54) is 12.8 Å². The molecular formula is C27H36N10. The first-order valence-corrected chi connectivity index (χ1v) is 13.5. The van der Waals surface area contributed by atoms with Crippen LogP contribution in [-0.4, -0.2) is 81.3 Å². The van der Waals surface area contributed by atoms with Crippen LogP contribution in [0.5, 0.6) is 0 Å². The first-order valence-electron chi connectivity index (χ1n) is 13.5. The van der Waals surface area contributed by atoms with Crippen molar-refractivity contribution in [2.45, 2.75) is 57.2 Å². The fourth-order valence-corrected chi connectivity index (χ4v) is 6.34. The molecule has 1 aromatic carbocycles. The zero-order chi connectivity index (χ0) is 25.4. The number of likely N-dealkylation sites (tertiary alicyclic amines) is 1. The average molecular weight is 501 g/mol. The van der Waals surface area contributed by atoms with Gasteiger partial charge in [0.15, 0.2) is 5.82 Å². The lowest BCUT2D eigenvalue weighted by Gasteiger charge is -2.38. The molecule has 0 aliphatic carbocycles. The molecule has 3 aromatic rings. The number of aryl methyl sites for hydroxylation is 1. The van der Waals surface area contributed by atoms with Crippen LogP contribution < -0.4 is 16.0 Å². The molecule has 3 fully saturated rings. The smallest absolute Gasteiger partial charge is 0.225 e. The summed E-state index contributed by atoms with van der Waals surface area (Å²) < 4.78 is 0. The summed E-state index contributed by atoms with van der Waals surface area (Å²) in [5.41, 5.74) is 2.97. The summed E-state index contributed by atoms with van der Waals surface area (Å²) in [5, 5.41) is 28.0. The van der Waals surface area contributed by atoms with Crippen LogP contribution in [-0.2, 0) is 0 Å². The lowest BCUT2D eigenvalue weighted by molar-refractivity contribution is 0.135. The predicted molar refractivity (Wildman–Crippen MR) is 146 cm³/mol. The topological polar surface area (TPSA) is 121 Å². The number of nitriles is 1. The molecule has 3 aliphatic heterocycles. The summed E-state index contributed by atoms with van der Waals surface area (Å²) in [6.07, 6.45) is 5.15. The first kappa shape index (κ1) is 23.9. The summed E-state index contributed by atoms with van der Waals surface area (Å²) in [5.74, 6) is 2.83. The van der Waals surface area contributed by atoms with Crippen molar-refractivity contribution in [3.63, 3.8) is 0 Å². The van der Waals surface area contributed by atoms with Crippen LogP contribution in [0.15, 0.2) is 24.3 Å². The molecule has 0 radical (unpaired) electrons. The Labute approximate surface area is 217 Å². The van der Waals surface area contributed by atoms with Crippen molar-refractivity contribution < 1.29 is 0 Å². The number of benzene rings is 1. The number of hydrogen-bond donors (Lipinski definition) is 4. The molecule has 0 unspecified atom stereocenters. The lowest BCUT2D eigenvalue weighted by atomic mass is 9.97. The van der Waals surface area contributed by atoms with Gasteiger partial charge in [-0.3, -0.25) is 10.00 Å². The molecule has 2 aromatic heterocycles. The Morgan fingerprint density at radius 2 is 1.95 bits per heavy atom. The molecule has 5 heterocycles. The van der Waals surface area contributed by atoms with Gasteiger partial charge in [-0.05, 0) is 57.9 Å². The highest BCUT2D eigenvalue weighted by molar-refractivity contribution is 5.93. The second-order valence-corrected chi connectivity index (χ2v) is 11.0. The van der Waals surface area contributed by atoms with Crippen LogP contribution in [0.2, 0.25) is 0 Å². The van der Waals surface area contributed by atoms with Gasteiger partial charge in [-0.25, -0.2) is 4.98 Å². The third-order valence-corrected chi connectivity index (χ3v) is 8.08. The minimum absolute atomic E-state index is 0.325. The Balaban J connectivity index is 1.23. The van der Waals surface area contributed by atoms with E-state index in [1.54, 1.807) is 0 Å². The largest absolute Gasteiger partial charge is 0.385 e. The van der Waals surface area contributed by atoms with Crippen molar-refractivity contribution in [3.8, 4) is 6.07 Å². The normalized spacial score (nSPS) is 24.1. The minimum atomic E-state index is 0.325. The Morgan fingerprint density at radius 1 is 1.14 bits per heavy atom. The lowest BCUT2D eigenvalue weighted by Crippen LogP contribution is -2.47. The number of hydrogen-bond acceptors (Lipinski definition) is 9. The van der Waals surface area contributed by atoms with E-state index in [9.17, 15) is 0 Å². The number of aromatic nitrogens is 4. The van der Waals surface area contributed by atoms with Crippen LogP contribution in [0.25, 0.3) is 10.9 Å². The standard InChI is InChI=1S/C27H36N10/c1-17-10-25(35-34-17)32-26-23-7-4-19(29-14-18-15-36(2)16-18)13-24(23)31-27(33-26)30-20-11-21-5-6-22(12-20)37(21)9-3-8-28/h4,7,10,13,18,20-22,29H,3,5-6,9,11-12,14-16H2,1-2H3,(H3,30,31,32,33,34,35)/t20-,21-,22+. The number of anilines is 4. The molecule has 0 amide bonds. The van der Waals surface area contributed by atoms with Gasteiger partial charge in [0.2, 0.25) is 5.95 Å². The Hall–Kier alpha value is -3.42. The van der Waals surface area contributed by atoms with E-state index in [0.29, 0.717) is 36.4 Å². The van der Waals surface area contributed by atoms with Crippen LogP contribution in [0.3, 0.4) is 0 Å². The number of fused-ring (bicyclic) bond motifs is 3. The molecule has 4 N–H and O–H groups in total. The van der Waals surface area contributed by atoms with Crippen molar-refractivity contribution in [2.24, 2.45) is 5.92 Å². The van der Waals surface area contributed by atoms with Crippen molar-refractivity contribution >= 4 is 34.2 Å². The van der Waals surface area contributed by atoms with Crippen LogP contribution in [0.1, 0.15) is 37.8 Å². The third-order valence-electron chi connectivity index (χ3n) is 8.08. The van der Waals surface area contributed by atoms with E-state index in [0.717, 1.165) is 72.9 Å². The highest BCUT2D eigenvalue weighted by atomic mass is 15.3. The van der Waals surface area contributed by atoms with Crippen LogP contribution in [0.4, 0.5) is 23.3 Å². The SMILES string of the molecule is Cc1cc(Nc2nc(N[C@@H]3C[C@H]4CC[C@@H](C3)N4CCC#N)nc3cc(NCC4CN(C)C4)ccc23)n[nH]1. The van der Waals surface area contributed by atoms with Crippen molar-refractivity contribution in [3.05, 3.63) is 30.0 Å². The predicted octanol–water partition coefficient (Wildman–Crippen LogP) is 3.70. The maximum absolute atomic E-state index is 9.04. The van der Waals surface area contributed by atoms with E-state index >= 15 is 0 Å². The zero-order valence-electron chi connectivity index (χ0n) is 21.7. The Morgan fingerprint density at radius 3 is 2.65 bits per heavy atom. The molecule has 10 heteroatoms. The first-order chi connectivity index (χ1) is 18.0. The molecule has 6 rings (SSSR count). The number of H-pyrrole nitrogens is 1. The maximum Gasteiger partial charge on any atom is 0.225 e. The Bertz CT molecular complexity index is 1280. The molecule has 10 nitrogen and oxygen atoms in total. The monoisotopic (exact) mass is 500 g/mol. The quantitative estimate of drug-likeness (QED) is 0.348.